The molecule has 2 aliphatic carbocycles. The molecule has 0 heterocycles. The molecule has 1 N–H and O–H groups in total. The van der Waals surface area contributed by atoms with Gasteiger partial charge in [0.15, 0.2) is 0 Å². The summed E-state index contributed by atoms with van der Waals surface area (Å²) in [5.41, 5.74) is 0.347. The van der Waals surface area contributed by atoms with Gasteiger partial charge in [-0.05, 0) is 49.5 Å². The van der Waals surface area contributed by atoms with E-state index in [1.165, 1.54) is 19.3 Å². The second kappa shape index (κ2) is 5.44. The van der Waals surface area contributed by atoms with Crippen molar-refractivity contribution in [2.45, 2.75) is 64.7 Å². The first kappa shape index (κ1) is 14.2. The zero-order valence-electron chi connectivity index (χ0n) is 11.8. The molecule has 0 bridgehead atoms. The predicted octanol–water partition coefficient (Wildman–Crippen LogP) is 4.23. The van der Waals surface area contributed by atoms with Crippen LogP contribution in [0.2, 0.25) is 0 Å². The molecule has 0 aliphatic heterocycles. The van der Waals surface area contributed by atoms with Crippen LogP contribution >= 0.6 is 0 Å². The standard InChI is InChI=1S/C15H27F2N/c1-12(2)10-18-11-14(5-3-6-14)8-13-4-7-15(16,17)9-13/h12-13,18H,3-11H2,1-2H3. The third-order valence-corrected chi connectivity index (χ3v) is 4.69. The summed E-state index contributed by atoms with van der Waals surface area (Å²) < 4.78 is 26.5. The summed E-state index contributed by atoms with van der Waals surface area (Å²) in [5, 5.41) is 3.53. The van der Waals surface area contributed by atoms with Gasteiger partial charge in [0.2, 0.25) is 5.92 Å². The van der Waals surface area contributed by atoms with E-state index in [1.54, 1.807) is 0 Å². The second-order valence-electron chi connectivity index (χ2n) is 7.05. The molecular weight excluding hydrogens is 232 g/mol. The summed E-state index contributed by atoms with van der Waals surface area (Å²) >= 11 is 0. The van der Waals surface area contributed by atoms with Crippen LogP contribution < -0.4 is 5.32 Å². The quantitative estimate of drug-likeness (QED) is 0.752. The lowest BCUT2D eigenvalue weighted by molar-refractivity contribution is -0.000395. The third-order valence-electron chi connectivity index (χ3n) is 4.69. The fourth-order valence-electron chi connectivity index (χ4n) is 3.58. The van der Waals surface area contributed by atoms with Crippen molar-refractivity contribution in [3.05, 3.63) is 0 Å². The molecule has 1 unspecified atom stereocenters. The van der Waals surface area contributed by atoms with Crippen LogP contribution in [0.25, 0.3) is 0 Å². The highest BCUT2D eigenvalue weighted by Gasteiger charge is 2.45. The Balaban J connectivity index is 1.78. The van der Waals surface area contributed by atoms with E-state index >= 15 is 0 Å². The topological polar surface area (TPSA) is 12.0 Å². The van der Waals surface area contributed by atoms with Crippen molar-refractivity contribution < 1.29 is 8.78 Å². The summed E-state index contributed by atoms with van der Waals surface area (Å²) in [4.78, 5) is 0. The molecular formula is C15H27F2N. The number of hydrogen-bond donors (Lipinski definition) is 1. The molecule has 0 aromatic rings. The normalized spacial score (nSPS) is 29.5. The van der Waals surface area contributed by atoms with Gasteiger partial charge in [0.1, 0.15) is 0 Å². The fraction of sp³-hybridized carbons (Fsp3) is 1.00. The molecule has 106 valence electrons. The Morgan fingerprint density at radius 3 is 2.39 bits per heavy atom. The van der Waals surface area contributed by atoms with Crippen LogP contribution in [0, 0.1) is 17.3 Å². The van der Waals surface area contributed by atoms with E-state index in [1.807, 2.05) is 0 Å². The summed E-state index contributed by atoms with van der Waals surface area (Å²) in [6.07, 6.45) is 5.77. The molecule has 1 atom stereocenters. The van der Waals surface area contributed by atoms with Gasteiger partial charge in [-0.25, -0.2) is 8.78 Å². The van der Waals surface area contributed by atoms with Gasteiger partial charge >= 0.3 is 0 Å². The Hall–Kier alpha value is -0.180. The maximum atomic E-state index is 13.2. The largest absolute Gasteiger partial charge is 0.316 e. The summed E-state index contributed by atoms with van der Waals surface area (Å²) in [7, 11) is 0. The molecule has 2 aliphatic rings. The average Bonchev–Trinajstić information content (AvgIpc) is 2.53. The molecule has 2 saturated carbocycles. The molecule has 1 nitrogen and oxygen atoms in total. The number of hydrogen-bond acceptors (Lipinski definition) is 1. The van der Waals surface area contributed by atoms with Crippen LogP contribution in [0.3, 0.4) is 0 Å². The van der Waals surface area contributed by atoms with E-state index in [2.05, 4.69) is 19.2 Å². The number of halogens is 2. The van der Waals surface area contributed by atoms with Gasteiger partial charge in [-0.1, -0.05) is 20.3 Å². The lowest BCUT2D eigenvalue weighted by Gasteiger charge is -2.44. The SMILES string of the molecule is CC(C)CNCC1(CC2CCC(F)(F)C2)CCC1. The van der Waals surface area contributed by atoms with Gasteiger partial charge in [0.25, 0.3) is 0 Å². The van der Waals surface area contributed by atoms with Gasteiger partial charge < -0.3 is 5.32 Å². The molecule has 0 aromatic carbocycles. The van der Waals surface area contributed by atoms with Crippen LogP contribution in [0.5, 0.6) is 0 Å². The molecule has 2 rings (SSSR count). The van der Waals surface area contributed by atoms with Crippen molar-refractivity contribution in [2.75, 3.05) is 13.1 Å². The number of nitrogens with one attached hydrogen (secondary N) is 1. The molecule has 18 heavy (non-hydrogen) atoms. The maximum Gasteiger partial charge on any atom is 0.248 e. The highest BCUT2D eigenvalue weighted by atomic mass is 19.3. The van der Waals surface area contributed by atoms with Crippen LogP contribution in [0.4, 0.5) is 8.78 Å². The number of alkyl halides is 2. The molecule has 2 fully saturated rings. The lowest BCUT2D eigenvalue weighted by Crippen LogP contribution is -2.42. The highest BCUT2D eigenvalue weighted by Crippen LogP contribution is 2.50. The molecule has 3 heteroatoms. The second-order valence-corrected chi connectivity index (χ2v) is 7.05. The van der Waals surface area contributed by atoms with Gasteiger partial charge in [-0.3, -0.25) is 0 Å². The van der Waals surface area contributed by atoms with Crippen molar-refractivity contribution in [3.8, 4) is 0 Å². The monoisotopic (exact) mass is 259 g/mol. The first-order chi connectivity index (χ1) is 8.41. The zero-order valence-corrected chi connectivity index (χ0v) is 11.8. The van der Waals surface area contributed by atoms with E-state index in [-0.39, 0.29) is 18.8 Å². The van der Waals surface area contributed by atoms with Crippen LogP contribution in [-0.4, -0.2) is 19.0 Å². The summed E-state index contributed by atoms with van der Waals surface area (Å²) in [6.45, 7) is 6.49. The van der Waals surface area contributed by atoms with Crippen LogP contribution in [-0.2, 0) is 0 Å². The van der Waals surface area contributed by atoms with Crippen LogP contribution in [0.15, 0.2) is 0 Å². The molecule has 0 amide bonds. The third kappa shape index (κ3) is 3.66. The number of rotatable bonds is 6. The van der Waals surface area contributed by atoms with Gasteiger partial charge in [-0.2, -0.15) is 0 Å². The maximum absolute atomic E-state index is 13.2. The predicted molar refractivity (Wildman–Crippen MR) is 70.9 cm³/mol. The Morgan fingerprint density at radius 2 is 1.94 bits per heavy atom. The van der Waals surface area contributed by atoms with E-state index in [0.29, 0.717) is 11.3 Å². The molecule has 0 saturated heterocycles. The van der Waals surface area contributed by atoms with E-state index in [0.717, 1.165) is 25.9 Å². The fourth-order valence-corrected chi connectivity index (χ4v) is 3.58. The Kier molecular flexibility index (Phi) is 4.30. The van der Waals surface area contributed by atoms with Crippen LogP contribution in [0.1, 0.15) is 58.8 Å². The van der Waals surface area contributed by atoms with Crippen molar-refractivity contribution >= 4 is 0 Å². The minimum atomic E-state index is -2.37. The Morgan fingerprint density at radius 1 is 1.22 bits per heavy atom. The molecule has 0 aromatic heterocycles. The zero-order chi connectivity index (χ0) is 13.2. The van der Waals surface area contributed by atoms with Gasteiger partial charge in [-0.15, -0.1) is 0 Å². The first-order valence-electron chi connectivity index (χ1n) is 7.49. The minimum absolute atomic E-state index is 0.118. The average molecular weight is 259 g/mol. The lowest BCUT2D eigenvalue weighted by atomic mass is 9.64. The van der Waals surface area contributed by atoms with Gasteiger partial charge in [0.05, 0.1) is 0 Å². The summed E-state index contributed by atoms with van der Waals surface area (Å²) in [5.74, 6) is -1.44. The van der Waals surface area contributed by atoms with Gasteiger partial charge in [0, 0.05) is 19.4 Å². The van der Waals surface area contributed by atoms with E-state index < -0.39 is 5.92 Å². The smallest absolute Gasteiger partial charge is 0.248 e. The molecule has 0 radical (unpaired) electrons. The van der Waals surface area contributed by atoms with Crippen molar-refractivity contribution in [3.63, 3.8) is 0 Å². The molecule has 0 spiro atoms. The van der Waals surface area contributed by atoms with Crippen molar-refractivity contribution in [2.24, 2.45) is 17.3 Å². The first-order valence-corrected chi connectivity index (χ1v) is 7.49. The Bertz CT molecular complexity index is 272. The minimum Gasteiger partial charge on any atom is -0.316 e. The Labute approximate surface area is 110 Å². The van der Waals surface area contributed by atoms with E-state index in [9.17, 15) is 8.78 Å². The summed E-state index contributed by atoms with van der Waals surface area (Å²) in [6, 6.07) is 0. The van der Waals surface area contributed by atoms with E-state index in [4.69, 9.17) is 0 Å². The highest BCUT2D eigenvalue weighted by molar-refractivity contribution is 4.94. The van der Waals surface area contributed by atoms with Crippen molar-refractivity contribution in [1.29, 1.82) is 0 Å². The van der Waals surface area contributed by atoms with Crippen molar-refractivity contribution in [1.82, 2.24) is 5.32 Å².